The standard InChI is InChI=1S/C34H22N2O6S/c35-14-23-19-6-3-7-26(19)43-33(23)36-31(37)27-21(17-9-11-24-25(12-17)41-15-40-24)13-22-20-10-8-16-4-1-2-5-18(16)30(20)42-34(39)28(22)29(27)32(36)38/h1-2,4-5,8-13,21,27-29H,3,6-7,15H2/t21-,27-,28-,29+/m1/s1. The van der Waals surface area contributed by atoms with Crippen molar-refractivity contribution in [2.24, 2.45) is 17.8 Å². The normalized spacial score (nSPS) is 24.7. The van der Waals surface area contributed by atoms with Crippen LogP contribution in [0.1, 0.15) is 39.5 Å². The average molecular weight is 587 g/mol. The van der Waals surface area contributed by atoms with E-state index in [4.69, 9.17) is 14.2 Å². The molecule has 2 aliphatic carbocycles. The molecule has 4 atom stereocenters. The van der Waals surface area contributed by atoms with Crippen molar-refractivity contribution in [1.82, 2.24) is 0 Å². The number of hydrogen-bond donors (Lipinski definition) is 0. The first-order valence-electron chi connectivity index (χ1n) is 14.3. The highest BCUT2D eigenvalue weighted by molar-refractivity contribution is 7.17. The lowest BCUT2D eigenvalue weighted by molar-refractivity contribution is -0.142. The smallest absolute Gasteiger partial charge is 0.319 e. The van der Waals surface area contributed by atoms with Gasteiger partial charge in [0.15, 0.2) is 11.5 Å². The topological polar surface area (TPSA) is 106 Å². The lowest BCUT2D eigenvalue weighted by atomic mass is 9.64. The number of carbonyl (C=O) groups is 3. The molecule has 0 radical (unpaired) electrons. The molecule has 1 saturated heterocycles. The Morgan fingerprint density at radius 2 is 1.77 bits per heavy atom. The number of ether oxygens (including phenoxy) is 3. The second-order valence-electron chi connectivity index (χ2n) is 11.5. The summed E-state index contributed by atoms with van der Waals surface area (Å²) in [5, 5.41) is 12.2. The highest BCUT2D eigenvalue weighted by Crippen LogP contribution is 2.57. The van der Waals surface area contributed by atoms with Gasteiger partial charge in [0.05, 0.1) is 23.3 Å². The van der Waals surface area contributed by atoms with Crippen LogP contribution in [0.5, 0.6) is 17.2 Å². The molecule has 0 spiro atoms. The Morgan fingerprint density at radius 3 is 2.65 bits per heavy atom. The minimum atomic E-state index is -0.987. The number of benzene rings is 3. The average Bonchev–Trinajstić information content (AvgIpc) is 3.80. The van der Waals surface area contributed by atoms with Crippen molar-refractivity contribution in [3.05, 3.63) is 87.8 Å². The van der Waals surface area contributed by atoms with Gasteiger partial charge in [-0.15, -0.1) is 11.3 Å². The second-order valence-corrected chi connectivity index (χ2v) is 12.6. The van der Waals surface area contributed by atoms with Crippen LogP contribution in [-0.4, -0.2) is 24.6 Å². The van der Waals surface area contributed by atoms with Gasteiger partial charge in [-0.2, -0.15) is 5.26 Å². The number of amides is 2. The van der Waals surface area contributed by atoms with E-state index in [9.17, 15) is 19.6 Å². The number of fused-ring (bicyclic) bond motifs is 9. The molecule has 3 aromatic carbocycles. The first kappa shape index (κ1) is 24.6. The van der Waals surface area contributed by atoms with E-state index in [1.807, 2.05) is 60.7 Å². The Balaban J connectivity index is 1.25. The maximum Gasteiger partial charge on any atom is 0.319 e. The van der Waals surface area contributed by atoms with Crippen molar-refractivity contribution in [3.8, 4) is 23.3 Å². The third kappa shape index (κ3) is 3.27. The van der Waals surface area contributed by atoms with Crippen LogP contribution in [-0.2, 0) is 27.2 Å². The van der Waals surface area contributed by atoms with Crippen molar-refractivity contribution in [2.75, 3.05) is 11.7 Å². The van der Waals surface area contributed by atoms with Crippen molar-refractivity contribution in [1.29, 1.82) is 5.26 Å². The molecule has 1 fully saturated rings. The number of aryl methyl sites for hydroxylation is 1. The van der Waals surface area contributed by atoms with E-state index in [0.717, 1.165) is 51.6 Å². The van der Waals surface area contributed by atoms with E-state index in [1.165, 1.54) is 16.2 Å². The Bertz CT molecular complexity index is 2040. The van der Waals surface area contributed by atoms with E-state index in [0.29, 0.717) is 33.4 Å². The lowest BCUT2D eigenvalue weighted by Crippen LogP contribution is -2.42. The van der Waals surface area contributed by atoms with Gasteiger partial charge < -0.3 is 14.2 Å². The number of allylic oxidation sites excluding steroid dienone is 1. The van der Waals surface area contributed by atoms with Crippen LogP contribution in [0.15, 0.2) is 60.7 Å². The van der Waals surface area contributed by atoms with Gasteiger partial charge >= 0.3 is 5.97 Å². The Labute approximate surface area is 249 Å². The van der Waals surface area contributed by atoms with Crippen molar-refractivity contribution in [2.45, 2.75) is 25.2 Å². The Morgan fingerprint density at radius 1 is 0.930 bits per heavy atom. The van der Waals surface area contributed by atoms with Gasteiger partial charge in [0.1, 0.15) is 16.8 Å². The molecular weight excluding hydrogens is 564 g/mol. The number of rotatable bonds is 2. The number of nitriles is 1. The molecule has 0 unspecified atom stereocenters. The highest BCUT2D eigenvalue weighted by Gasteiger charge is 2.61. The molecule has 43 heavy (non-hydrogen) atoms. The summed E-state index contributed by atoms with van der Waals surface area (Å²) in [5.74, 6) is -3.11. The maximum atomic E-state index is 14.5. The van der Waals surface area contributed by atoms with Crippen LogP contribution in [0.25, 0.3) is 16.3 Å². The van der Waals surface area contributed by atoms with Gasteiger partial charge in [-0.1, -0.05) is 48.5 Å². The van der Waals surface area contributed by atoms with Gasteiger partial charge in [0.25, 0.3) is 0 Å². The summed E-state index contributed by atoms with van der Waals surface area (Å²) in [4.78, 5) is 45.0. The first-order valence-corrected chi connectivity index (χ1v) is 15.1. The second kappa shape index (κ2) is 8.79. The minimum absolute atomic E-state index is 0.107. The van der Waals surface area contributed by atoms with Crippen molar-refractivity contribution >= 4 is 50.5 Å². The number of anilines is 1. The highest BCUT2D eigenvalue weighted by atomic mass is 32.1. The fraction of sp³-hybridized carbons (Fsp3) is 0.235. The van der Waals surface area contributed by atoms with Crippen LogP contribution in [0.2, 0.25) is 0 Å². The number of thiophene rings is 1. The van der Waals surface area contributed by atoms with E-state index in [2.05, 4.69) is 6.07 Å². The third-order valence-electron chi connectivity index (χ3n) is 9.48. The fourth-order valence-electron chi connectivity index (χ4n) is 7.60. The maximum absolute atomic E-state index is 14.5. The monoisotopic (exact) mass is 586 g/mol. The summed E-state index contributed by atoms with van der Waals surface area (Å²) >= 11 is 1.35. The number of carbonyl (C=O) groups excluding carboxylic acids is 3. The predicted molar refractivity (Wildman–Crippen MR) is 157 cm³/mol. The summed E-state index contributed by atoms with van der Waals surface area (Å²) in [5.41, 5.74) is 3.52. The zero-order valence-corrected chi connectivity index (χ0v) is 23.5. The number of hydrogen-bond acceptors (Lipinski definition) is 8. The number of imide groups is 1. The Kier molecular flexibility index (Phi) is 5.03. The first-order chi connectivity index (χ1) is 21.0. The molecule has 4 aromatic rings. The van der Waals surface area contributed by atoms with E-state index in [1.54, 1.807) is 0 Å². The minimum Gasteiger partial charge on any atom is -0.454 e. The largest absolute Gasteiger partial charge is 0.454 e. The molecule has 9 heteroatoms. The summed E-state index contributed by atoms with van der Waals surface area (Å²) in [7, 11) is 0. The summed E-state index contributed by atoms with van der Waals surface area (Å²) < 4.78 is 17.2. The predicted octanol–water partition coefficient (Wildman–Crippen LogP) is 5.51. The van der Waals surface area contributed by atoms with Crippen LogP contribution in [0.3, 0.4) is 0 Å². The molecule has 8 nitrogen and oxygen atoms in total. The zero-order chi connectivity index (χ0) is 29.0. The molecule has 210 valence electrons. The van der Waals surface area contributed by atoms with Crippen molar-refractivity contribution in [3.63, 3.8) is 0 Å². The summed E-state index contributed by atoms with van der Waals surface area (Å²) in [6, 6.07) is 19.4. The molecule has 0 N–H and O–H groups in total. The zero-order valence-electron chi connectivity index (χ0n) is 22.7. The van der Waals surface area contributed by atoms with Gasteiger partial charge in [-0.25, -0.2) is 4.90 Å². The lowest BCUT2D eigenvalue weighted by Gasteiger charge is -2.38. The summed E-state index contributed by atoms with van der Waals surface area (Å²) in [6.07, 6.45) is 4.49. The van der Waals surface area contributed by atoms with E-state index < -0.39 is 41.5 Å². The van der Waals surface area contributed by atoms with Crippen LogP contribution >= 0.6 is 11.3 Å². The molecule has 4 heterocycles. The molecule has 0 bridgehead atoms. The SMILES string of the molecule is N#Cc1c(N2C(=O)[C@@H]3[C@@H]4C(=O)Oc5c(ccc6ccccc56)C4=C[C@H](c4ccc5c(c4)OCO5)[C@H]3C2=O)sc2c1CCC2. The third-order valence-corrected chi connectivity index (χ3v) is 10.8. The fourth-order valence-corrected chi connectivity index (χ4v) is 8.95. The van der Waals surface area contributed by atoms with Crippen molar-refractivity contribution < 1.29 is 28.6 Å². The Hall–Kier alpha value is -4.94. The van der Waals surface area contributed by atoms with Gasteiger partial charge in [-0.3, -0.25) is 14.4 Å². The number of esters is 1. The molecular formula is C34H22N2O6S. The summed E-state index contributed by atoms with van der Waals surface area (Å²) in [6.45, 7) is 0.107. The molecule has 3 aliphatic heterocycles. The van der Waals surface area contributed by atoms with Crippen LogP contribution in [0, 0.1) is 29.1 Å². The van der Waals surface area contributed by atoms with Gasteiger partial charge in [-0.05, 0) is 53.5 Å². The molecule has 0 saturated carbocycles. The molecule has 1 aromatic heterocycles. The molecule has 5 aliphatic rings. The van der Waals surface area contributed by atoms with E-state index >= 15 is 0 Å². The van der Waals surface area contributed by atoms with Crippen LogP contribution in [0.4, 0.5) is 5.00 Å². The van der Waals surface area contributed by atoms with Gasteiger partial charge in [0.2, 0.25) is 18.6 Å². The number of nitrogens with zero attached hydrogens (tertiary/aromatic N) is 2. The molecule has 2 amide bonds. The van der Waals surface area contributed by atoms with Crippen LogP contribution < -0.4 is 19.1 Å². The molecule has 9 rings (SSSR count). The van der Waals surface area contributed by atoms with E-state index in [-0.39, 0.29) is 6.79 Å². The quantitative estimate of drug-likeness (QED) is 0.173. The van der Waals surface area contributed by atoms with Gasteiger partial charge in [0, 0.05) is 21.7 Å².